The zero-order valence-corrected chi connectivity index (χ0v) is 15.7. The zero-order chi connectivity index (χ0) is 15.8. The first-order valence-electron chi connectivity index (χ1n) is 9.23. The van der Waals surface area contributed by atoms with Crippen molar-refractivity contribution in [2.75, 3.05) is 33.3 Å². The normalized spacial score (nSPS) is 36.3. The van der Waals surface area contributed by atoms with Gasteiger partial charge in [-0.3, -0.25) is 0 Å². The zero-order valence-electron chi connectivity index (χ0n) is 14.1. The minimum absolute atomic E-state index is 0.996. The number of nitrogens with one attached hydrogen (secondary N) is 2. The lowest BCUT2D eigenvalue weighted by molar-refractivity contribution is -1.03. The fraction of sp³-hybridized carbons (Fsp3) is 0.684. The van der Waals surface area contributed by atoms with E-state index in [1.54, 1.807) is 18.4 Å². The molecule has 3 atom stereocenters. The maximum absolute atomic E-state index is 5.54. The van der Waals surface area contributed by atoms with E-state index in [0.29, 0.717) is 0 Å². The third kappa shape index (κ3) is 3.31. The Morgan fingerprint density at radius 3 is 2.61 bits per heavy atom. The summed E-state index contributed by atoms with van der Waals surface area (Å²) in [6.07, 6.45) is 6.11. The first-order valence-corrected chi connectivity index (χ1v) is 10.0. The van der Waals surface area contributed by atoms with Gasteiger partial charge >= 0.3 is 0 Å². The number of methoxy groups -OCH3 is 1. The van der Waals surface area contributed by atoms with Crippen LogP contribution in [0.4, 0.5) is 0 Å². The van der Waals surface area contributed by atoms with Crippen LogP contribution in [-0.2, 0) is 6.54 Å². The van der Waals surface area contributed by atoms with E-state index >= 15 is 0 Å². The van der Waals surface area contributed by atoms with Crippen molar-refractivity contribution in [3.8, 4) is 5.75 Å². The second-order valence-corrected chi connectivity index (χ2v) is 8.74. The van der Waals surface area contributed by atoms with Crippen LogP contribution in [0.15, 0.2) is 22.7 Å². The molecule has 4 rings (SSSR count). The lowest BCUT2D eigenvalue weighted by Crippen LogP contribution is -3.29. The molecule has 2 saturated carbocycles. The van der Waals surface area contributed by atoms with Crippen molar-refractivity contribution in [3.63, 3.8) is 0 Å². The summed E-state index contributed by atoms with van der Waals surface area (Å²) in [5.41, 5.74) is 1.33. The Morgan fingerprint density at radius 1 is 1.13 bits per heavy atom. The molecule has 4 heteroatoms. The van der Waals surface area contributed by atoms with E-state index < -0.39 is 0 Å². The highest BCUT2D eigenvalue weighted by atomic mass is 79.9. The summed E-state index contributed by atoms with van der Waals surface area (Å²) in [5.74, 6) is 3.17. The molecule has 3 nitrogen and oxygen atoms in total. The Bertz CT molecular complexity index is 556. The maximum Gasteiger partial charge on any atom is 0.127 e. The maximum atomic E-state index is 5.54. The second-order valence-electron chi connectivity index (χ2n) is 7.82. The minimum atomic E-state index is 0.996. The van der Waals surface area contributed by atoms with Gasteiger partial charge in [0.05, 0.1) is 13.2 Å². The number of rotatable bonds is 4. The molecule has 1 heterocycles. The summed E-state index contributed by atoms with van der Waals surface area (Å²) in [6.45, 7) is 6.42. The number of benzene rings is 1. The van der Waals surface area contributed by atoms with Gasteiger partial charge in [0.15, 0.2) is 0 Å². The molecule has 126 valence electrons. The van der Waals surface area contributed by atoms with Gasteiger partial charge in [-0.15, -0.1) is 0 Å². The molecule has 3 fully saturated rings. The monoisotopic (exact) mass is 380 g/mol. The minimum Gasteiger partial charge on any atom is -0.496 e. The molecule has 0 radical (unpaired) electrons. The highest BCUT2D eigenvalue weighted by molar-refractivity contribution is 9.10. The quantitative estimate of drug-likeness (QED) is 0.794. The van der Waals surface area contributed by atoms with E-state index in [2.05, 4.69) is 34.1 Å². The Kier molecular flexibility index (Phi) is 4.66. The molecule has 23 heavy (non-hydrogen) atoms. The highest BCUT2D eigenvalue weighted by Crippen LogP contribution is 2.43. The van der Waals surface area contributed by atoms with Crippen LogP contribution in [0.25, 0.3) is 0 Å². The van der Waals surface area contributed by atoms with Gasteiger partial charge in [0.2, 0.25) is 0 Å². The van der Waals surface area contributed by atoms with E-state index in [1.165, 1.54) is 51.0 Å². The van der Waals surface area contributed by atoms with Crippen LogP contribution in [0.5, 0.6) is 5.75 Å². The van der Waals surface area contributed by atoms with Crippen LogP contribution in [0.1, 0.15) is 31.2 Å². The Balaban J connectivity index is 1.34. The van der Waals surface area contributed by atoms with Gasteiger partial charge < -0.3 is 14.5 Å². The molecule has 1 saturated heterocycles. The summed E-state index contributed by atoms with van der Waals surface area (Å²) < 4.78 is 6.69. The van der Waals surface area contributed by atoms with Gasteiger partial charge in [-0.1, -0.05) is 15.9 Å². The van der Waals surface area contributed by atoms with Crippen LogP contribution in [0.3, 0.4) is 0 Å². The molecule has 2 N–H and O–H groups in total. The van der Waals surface area contributed by atoms with Crippen LogP contribution in [0, 0.1) is 11.8 Å². The third-order valence-corrected chi connectivity index (χ3v) is 7.04. The van der Waals surface area contributed by atoms with Gasteiger partial charge in [0.1, 0.15) is 38.5 Å². The van der Waals surface area contributed by atoms with Gasteiger partial charge in [-0.2, -0.15) is 0 Å². The van der Waals surface area contributed by atoms with Gasteiger partial charge in [-0.25, -0.2) is 0 Å². The Hall–Kier alpha value is -0.580. The number of fused-ring (bicyclic) bond motifs is 2. The SMILES string of the molecule is COc1ccc(Br)cc1C[NH+]1CC[NH+]([C@H]2C[C@H]3CC[C@@H]2C3)CC1. The molecule has 2 aliphatic carbocycles. The first kappa shape index (κ1) is 15.9. The van der Waals surface area contributed by atoms with Crippen LogP contribution >= 0.6 is 15.9 Å². The third-order valence-electron chi connectivity index (χ3n) is 6.54. The molecule has 2 bridgehead atoms. The van der Waals surface area contributed by atoms with Crippen molar-refractivity contribution >= 4 is 15.9 Å². The Morgan fingerprint density at radius 2 is 1.96 bits per heavy atom. The van der Waals surface area contributed by atoms with E-state index in [9.17, 15) is 0 Å². The molecule has 0 aromatic heterocycles. The molecule has 3 aliphatic rings. The van der Waals surface area contributed by atoms with Crippen LogP contribution < -0.4 is 14.5 Å². The predicted molar refractivity (Wildman–Crippen MR) is 95.0 cm³/mol. The van der Waals surface area contributed by atoms with E-state index in [0.717, 1.165) is 34.6 Å². The smallest absolute Gasteiger partial charge is 0.127 e. The summed E-state index contributed by atoms with van der Waals surface area (Å²) in [6, 6.07) is 7.36. The highest BCUT2D eigenvalue weighted by Gasteiger charge is 2.46. The lowest BCUT2D eigenvalue weighted by Gasteiger charge is -2.36. The summed E-state index contributed by atoms with van der Waals surface area (Å²) >= 11 is 3.59. The number of hydrogen-bond donors (Lipinski definition) is 2. The summed E-state index contributed by atoms with van der Waals surface area (Å²) in [7, 11) is 1.78. The van der Waals surface area contributed by atoms with Crippen molar-refractivity contribution in [1.82, 2.24) is 0 Å². The predicted octanol–water partition coefficient (Wildman–Crippen LogP) is 0.930. The summed E-state index contributed by atoms with van der Waals surface area (Å²) in [4.78, 5) is 3.63. The number of ether oxygens (including phenoxy) is 1. The fourth-order valence-electron chi connectivity index (χ4n) is 5.37. The van der Waals surface area contributed by atoms with Gasteiger partial charge in [-0.05, 0) is 43.4 Å². The van der Waals surface area contributed by atoms with Crippen LogP contribution in [0.2, 0.25) is 0 Å². The van der Waals surface area contributed by atoms with Crippen molar-refractivity contribution in [2.45, 2.75) is 38.3 Å². The van der Waals surface area contributed by atoms with Gasteiger partial charge in [0, 0.05) is 22.4 Å². The molecule has 1 aliphatic heterocycles. The van der Waals surface area contributed by atoms with Crippen LogP contribution in [-0.4, -0.2) is 39.3 Å². The number of hydrogen-bond acceptors (Lipinski definition) is 1. The Labute approximate surface area is 148 Å². The number of halogens is 1. The van der Waals surface area contributed by atoms with Crippen molar-refractivity contribution in [2.24, 2.45) is 11.8 Å². The molecule has 1 aromatic rings. The largest absolute Gasteiger partial charge is 0.496 e. The number of quaternary nitrogens is 2. The van der Waals surface area contributed by atoms with Crippen molar-refractivity contribution in [1.29, 1.82) is 0 Å². The van der Waals surface area contributed by atoms with Crippen molar-refractivity contribution in [3.05, 3.63) is 28.2 Å². The first-order chi connectivity index (χ1) is 11.2. The molecule has 1 aromatic carbocycles. The van der Waals surface area contributed by atoms with Crippen molar-refractivity contribution < 1.29 is 14.5 Å². The molecule has 0 unspecified atom stereocenters. The average Bonchev–Trinajstić information content (AvgIpc) is 3.19. The molecule has 0 amide bonds. The standard InChI is InChI=1S/C19H27BrN2O/c1-23-19-5-4-17(20)12-16(19)13-21-6-8-22(9-7-21)18-11-14-2-3-15(18)10-14/h4-5,12,14-15,18H,2-3,6-11,13H2,1H3/p+2/t14-,15+,18-/m0/s1. The lowest BCUT2D eigenvalue weighted by atomic mass is 9.93. The van der Waals surface area contributed by atoms with E-state index in [1.807, 2.05) is 4.90 Å². The molecular weight excluding hydrogens is 352 g/mol. The molecule has 0 spiro atoms. The second kappa shape index (κ2) is 6.73. The summed E-state index contributed by atoms with van der Waals surface area (Å²) in [5, 5.41) is 0. The topological polar surface area (TPSA) is 18.1 Å². The average molecular weight is 381 g/mol. The fourth-order valence-corrected chi connectivity index (χ4v) is 5.78. The van der Waals surface area contributed by atoms with E-state index in [-0.39, 0.29) is 0 Å². The molecular formula is C19H29BrN2O+2. The number of piperazine rings is 1. The van der Waals surface area contributed by atoms with Gasteiger partial charge in [0.25, 0.3) is 0 Å². The van der Waals surface area contributed by atoms with E-state index in [4.69, 9.17) is 4.74 Å².